The van der Waals surface area contributed by atoms with Crippen molar-refractivity contribution in [3.63, 3.8) is 0 Å². The molecule has 0 atom stereocenters. The second-order valence-electron chi connectivity index (χ2n) is 3.30. The minimum Gasteiger partial charge on any atom is -0.468 e. The van der Waals surface area contributed by atoms with Crippen LogP contribution in [-0.2, 0) is 14.3 Å². The number of nitrogen functional groups attached to an aromatic ring is 1. The van der Waals surface area contributed by atoms with Crippen LogP contribution in [0, 0.1) is 0 Å². The van der Waals surface area contributed by atoms with E-state index >= 15 is 0 Å². The molecule has 5 heteroatoms. The first-order valence-corrected chi connectivity index (χ1v) is 5.00. The van der Waals surface area contributed by atoms with Crippen molar-refractivity contribution < 1.29 is 14.3 Å². The van der Waals surface area contributed by atoms with Gasteiger partial charge in [-0.2, -0.15) is 0 Å². The van der Waals surface area contributed by atoms with Crippen LogP contribution in [0.15, 0.2) is 30.3 Å². The molecule has 1 aromatic rings. The minimum absolute atomic E-state index is 0.142. The van der Waals surface area contributed by atoms with Gasteiger partial charge >= 0.3 is 5.97 Å². The molecule has 3 N–H and O–H groups in total. The smallest absolute Gasteiger partial charge is 0.325 e. The maximum Gasteiger partial charge on any atom is 0.325 e. The summed E-state index contributed by atoms with van der Waals surface area (Å²) in [5.41, 5.74) is 7.03. The van der Waals surface area contributed by atoms with E-state index < -0.39 is 5.97 Å². The van der Waals surface area contributed by atoms with E-state index in [1.54, 1.807) is 24.3 Å². The minimum atomic E-state index is -0.490. The highest BCUT2D eigenvalue weighted by atomic mass is 16.5. The second-order valence-corrected chi connectivity index (χ2v) is 3.30. The Morgan fingerprint density at radius 3 is 2.88 bits per heavy atom. The summed E-state index contributed by atoms with van der Waals surface area (Å²) in [5.74, 6) is -0.853. The van der Waals surface area contributed by atoms with Crippen LogP contribution >= 0.6 is 0 Å². The number of ether oxygens (including phenoxy) is 1. The Morgan fingerprint density at radius 2 is 2.24 bits per heavy atom. The van der Waals surface area contributed by atoms with Crippen molar-refractivity contribution in [1.29, 1.82) is 0 Å². The Balaban J connectivity index is 2.48. The molecule has 0 aliphatic carbocycles. The number of nitrogens with two attached hydrogens (primary N) is 1. The summed E-state index contributed by atoms with van der Waals surface area (Å²) in [6, 6.07) is 7.11. The average Bonchev–Trinajstić information content (AvgIpc) is 2.33. The lowest BCUT2D eigenvalue weighted by Crippen LogP contribution is -2.28. The summed E-state index contributed by atoms with van der Waals surface area (Å²) in [5, 5.41) is 2.39. The average molecular weight is 234 g/mol. The summed E-state index contributed by atoms with van der Waals surface area (Å²) in [6.07, 6.45) is 2.95. The number of hydrogen-bond acceptors (Lipinski definition) is 4. The number of rotatable bonds is 4. The van der Waals surface area contributed by atoms with Crippen LogP contribution in [-0.4, -0.2) is 25.5 Å². The van der Waals surface area contributed by atoms with E-state index in [1.165, 1.54) is 13.2 Å². The fraction of sp³-hybridized carbons (Fsp3) is 0.167. The molecule has 0 unspecified atom stereocenters. The second kappa shape index (κ2) is 6.32. The third-order valence-electron chi connectivity index (χ3n) is 1.97. The fourth-order valence-corrected chi connectivity index (χ4v) is 1.12. The molecule has 0 heterocycles. The van der Waals surface area contributed by atoms with Crippen molar-refractivity contribution in [3.05, 3.63) is 35.9 Å². The first-order valence-electron chi connectivity index (χ1n) is 5.00. The summed E-state index contributed by atoms with van der Waals surface area (Å²) >= 11 is 0. The SMILES string of the molecule is COC(=O)CNC(=O)/C=C/c1cccc(N)c1. The van der Waals surface area contributed by atoms with Gasteiger partial charge in [0, 0.05) is 11.8 Å². The summed E-state index contributed by atoms with van der Waals surface area (Å²) in [7, 11) is 1.26. The predicted molar refractivity (Wildman–Crippen MR) is 64.9 cm³/mol. The number of methoxy groups -OCH3 is 1. The van der Waals surface area contributed by atoms with Crippen LogP contribution in [0.2, 0.25) is 0 Å². The molecule has 17 heavy (non-hydrogen) atoms. The molecule has 0 fully saturated rings. The molecule has 0 saturated heterocycles. The third kappa shape index (κ3) is 4.83. The van der Waals surface area contributed by atoms with Gasteiger partial charge in [0.1, 0.15) is 6.54 Å². The number of esters is 1. The molecule has 1 aromatic carbocycles. The normalized spacial score (nSPS) is 10.2. The Kier molecular flexibility index (Phi) is 4.75. The van der Waals surface area contributed by atoms with Crippen LogP contribution in [0.5, 0.6) is 0 Å². The van der Waals surface area contributed by atoms with Gasteiger partial charge in [0.25, 0.3) is 0 Å². The molecule has 0 saturated carbocycles. The van der Waals surface area contributed by atoms with Crippen molar-refractivity contribution in [3.8, 4) is 0 Å². The van der Waals surface area contributed by atoms with Gasteiger partial charge in [0.15, 0.2) is 0 Å². The maximum absolute atomic E-state index is 11.3. The zero-order valence-electron chi connectivity index (χ0n) is 9.47. The van der Waals surface area contributed by atoms with Gasteiger partial charge in [-0.3, -0.25) is 9.59 Å². The van der Waals surface area contributed by atoms with Crippen LogP contribution in [0.1, 0.15) is 5.56 Å². The molecule has 0 radical (unpaired) electrons. The molecule has 0 bridgehead atoms. The highest BCUT2D eigenvalue weighted by Crippen LogP contribution is 2.07. The van der Waals surface area contributed by atoms with E-state index in [2.05, 4.69) is 10.1 Å². The van der Waals surface area contributed by atoms with Crippen molar-refractivity contribution in [2.75, 3.05) is 19.4 Å². The number of amides is 1. The monoisotopic (exact) mass is 234 g/mol. The molecule has 0 aliphatic heterocycles. The molecule has 1 amide bonds. The topological polar surface area (TPSA) is 81.4 Å². The molecule has 0 aliphatic rings. The number of anilines is 1. The van der Waals surface area contributed by atoms with E-state index in [4.69, 9.17) is 5.73 Å². The molecule has 1 rings (SSSR count). The molecular weight excluding hydrogens is 220 g/mol. The zero-order valence-corrected chi connectivity index (χ0v) is 9.47. The van der Waals surface area contributed by atoms with Gasteiger partial charge in [-0.15, -0.1) is 0 Å². The largest absolute Gasteiger partial charge is 0.468 e. The Bertz CT molecular complexity index is 441. The lowest BCUT2D eigenvalue weighted by Gasteiger charge is -1.99. The summed E-state index contributed by atoms with van der Waals surface area (Å²) in [4.78, 5) is 22.0. The predicted octanol–water partition coefficient (Wildman–Crippen LogP) is 0.571. The van der Waals surface area contributed by atoms with Crippen LogP contribution in [0.4, 0.5) is 5.69 Å². The van der Waals surface area contributed by atoms with E-state index in [0.29, 0.717) is 5.69 Å². The molecule has 0 aromatic heterocycles. The molecule has 0 spiro atoms. The van der Waals surface area contributed by atoms with Crippen LogP contribution in [0.25, 0.3) is 6.08 Å². The van der Waals surface area contributed by atoms with E-state index in [1.807, 2.05) is 6.07 Å². The Labute approximate surface area is 99.3 Å². The third-order valence-corrected chi connectivity index (χ3v) is 1.97. The zero-order chi connectivity index (χ0) is 12.7. The lowest BCUT2D eigenvalue weighted by molar-refractivity contribution is -0.140. The molecule has 90 valence electrons. The van der Waals surface area contributed by atoms with Gasteiger partial charge in [-0.05, 0) is 23.8 Å². The van der Waals surface area contributed by atoms with Gasteiger partial charge in [-0.25, -0.2) is 0 Å². The Morgan fingerprint density at radius 1 is 1.47 bits per heavy atom. The van der Waals surface area contributed by atoms with E-state index in [-0.39, 0.29) is 12.5 Å². The first kappa shape index (κ1) is 12.8. The van der Waals surface area contributed by atoms with Crippen molar-refractivity contribution in [2.24, 2.45) is 0 Å². The van der Waals surface area contributed by atoms with E-state index in [0.717, 1.165) is 5.56 Å². The number of carbonyl (C=O) groups is 2. The van der Waals surface area contributed by atoms with Crippen molar-refractivity contribution in [1.82, 2.24) is 5.32 Å². The van der Waals surface area contributed by atoms with Gasteiger partial charge < -0.3 is 15.8 Å². The highest BCUT2D eigenvalue weighted by molar-refractivity contribution is 5.93. The number of benzene rings is 1. The molecular formula is C12H14N2O3. The van der Waals surface area contributed by atoms with Gasteiger partial charge in [0.05, 0.1) is 7.11 Å². The fourth-order valence-electron chi connectivity index (χ4n) is 1.12. The molecule has 5 nitrogen and oxygen atoms in total. The first-order chi connectivity index (χ1) is 8.11. The number of carbonyl (C=O) groups excluding carboxylic acids is 2. The van der Waals surface area contributed by atoms with Crippen molar-refractivity contribution >= 4 is 23.6 Å². The summed E-state index contributed by atoms with van der Waals surface area (Å²) in [6.45, 7) is -0.142. The highest BCUT2D eigenvalue weighted by Gasteiger charge is 2.01. The van der Waals surface area contributed by atoms with Crippen molar-refractivity contribution in [2.45, 2.75) is 0 Å². The van der Waals surface area contributed by atoms with Crippen LogP contribution < -0.4 is 11.1 Å². The van der Waals surface area contributed by atoms with Gasteiger partial charge in [-0.1, -0.05) is 12.1 Å². The summed E-state index contributed by atoms with van der Waals surface area (Å²) < 4.78 is 4.38. The standard InChI is InChI=1S/C12H14N2O3/c1-17-12(16)8-14-11(15)6-5-9-3-2-4-10(13)7-9/h2-7H,8,13H2,1H3,(H,14,15)/b6-5+. The quantitative estimate of drug-likeness (QED) is 0.453. The number of nitrogens with one attached hydrogen (secondary N) is 1. The van der Waals surface area contributed by atoms with E-state index in [9.17, 15) is 9.59 Å². The van der Waals surface area contributed by atoms with Gasteiger partial charge in [0.2, 0.25) is 5.91 Å². The maximum atomic E-state index is 11.3. The van der Waals surface area contributed by atoms with Crippen LogP contribution in [0.3, 0.4) is 0 Å². The lowest BCUT2D eigenvalue weighted by atomic mass is 10.2. The Hall–Kier alpha value is -2.30. The number of hydrogen-bond donors (Lipinski definition) is 2.